The number of halogens is 1. The van der Waals surface area contributed by atoms with Crippen LogP contribution in [0, 0.1) is 5.82 Å². The second-order valence-electron chi connectivity index (χ2n) is 6.51. The summed E-state index contributed by atoms with van der Waals surface area (Å²) in [6.45, 7) is -0.105. The van der Waals surface area contributed by atoms with Crippen molar-refractivity contribution in [2.75, 3.05) is 30.0 Å². The van der Waals surface area contributed by atoms with Gasteiger partial charge in [-0.2, -0.15) is 4.80 Å². The Labute approximate surface area is 165 Å². The van der Waals surface area contributed by atoms with E-state index in [9.17, 15) is 9.18 Å². The SMILES string of the molecule is CN(c1ccc(-c2ccc(N3CC(CO)OC3=O)cc2F)cn1)c1nnn(C)n1. The largest absolute Gasteiger partial charge is 0.441 e. The van der Waals surface area contributed by atoms with Crippen molar-refractivity contribution in [2.24, 2.45) is 7.05 Å². The summed E-state index contributed by atoms with van der Waals surface area (Å²) in [5, 5.41) is 20.9. The van der Waals surface area contributed by atoms with Crippen LogP contribution in [0.1, 0.15) is 0 Å². The summed E-state index contributed by atoms with van der Waals surface area (Å²) in [6, 6.07) is 7.93. The van der Waals surface area contributed by atoms with Crippen LogP contribution >= 0.6 is 0 Å². The molecular weight excluding hydrogens is 381 g/mol. The molecule has 29 heavy (non-hydrogen) atoms. The maximum absolute atomic E-state index is 14.7. The Bertz CT molecular complexity index is 1040. The molecule has 1 unspecified atom stereocenters. The fourth-order valence-corrected chi connectivity index (χ4v) is 2.99. The van der Waals surface area contributed by atoms with E-state index in [0.717, 1.165) is 0 Å². The molecule has 1 aliphatic rings. The van der Waals surface area contributed by atoms with Gasteiger partial charge in [0.25, 0.3) is 5.95 Å². The van der Waals surface area contributed by atoms with E-state index in [2.05, 4.69) is 20.4 Å². The minimum Gasteiger partial charge on any atom is -0.441 e. The number of aromatic nitrogens is 5. The van der Waals surface area contributed by atoms with Gasteiger partial charge in [0.2, 0.25) is 0 Å². The molecule has 1 N–H and O–H groups in total. The van der Waals surface area contributed by atoms with Crippen LogP contribution in [-0.4, -0.2) is 62.7 Å². The lowest BCUT2D eigenvalue weighted by Gasteiger charge is -2.15. The lowest BCUT2D eigenvalue weighted by Crippen LogP contribution is -2.25. The van der Waals surface area contributed by atoms with Crippen molar-refractivity contribution >= 4 is 23.5 Å². The first kappa shape index (κ1) is 18.7. The van der Waals surface area contributed by atoms with Gasteiger partial charge in [-0.25, -0.2) is 14.2 Å². The molecule has 4 rings (SSSR count). The van der Waals surface area contributed by atoms with Gasteiger partial charge >= 0.3 is 6.09 Å². The van der Waals surface area contributed by atoms with Crippen molar-refractivity contribution in [2.45, 2.75) is 6.10 Å². The Kier molecular flexibility index (Phi) is 4.80. The zero-order valence-electron chi connectivity index (χ0n) is 15.7. The molecule has 0 aliphatic carbocycles. The summed E-state index contributed by atoms with van der Waals surface area (Å²) in [4.78, 5) is 20.5. The maximum atomic E-state index is 14.7. The van der Waals surface area contributed by atoms with Gasteiger partial charge in [-0.15, -0.1) is 5.10 Å². The van der Waals surface area contributed by atoms with Gasteiger partial charge in [0.05, 0.1) is 25.9 Å². The van der Waals surface area contributed by atoms with Crippen LogP contribution in [0.3, 0.4) is 0 Å². The van der Waals surface area contributed by atoms with Crippen LogP contribution in [0.15, 0.2) is 36.5 Å². The quantitative estimate of drug-likeness (QED) is 0.687. The third-order valence-electron chi connectivity index (χ3n) is 4.54. The summed E-state index contributed by atoms with van der Waals surface area (Å²) in [7, 11) is 3.42. The Balaban J connectivity index is 1.55. The van der Waals surface area contributed by atoms with E-state index in [1.54, 1.807) is 49.5 Å². The van der Waals surface area contributed by atoms with E-state index in [-0.39, 0.29) is 13.2 Å². The van der Waals surface area contributed by atoms with Crippen LogP contribution in [0.25, 0.3) is 11.1 Å². The molecule has 1 amide bonds. The zero-order chi connectivity index (χ0) is 20.5. The number of ether oxygens (including phenoxy) is 1. The van der Waals surface area contributed by atoms with Crippen molar-refractivity contribution in [3.63, 3.8) is 0 Å². The Morgan fingerprint density at radius 2 is 2.17 bits per heavy atom. The van der Waals surface area contributed by atoms with Crippen LogP contribution in [-0.2, 0) is 11.8 Å². The zero-order valence-corrected chi connectivity index (χ0v) is 15.7. The third kappa shape index (κ3) is 3.59. The molecule has 1 atom stereocenters. The molecular formula is C18H18FN7O3. The minimum absolute atomic E-state index is 0.174. The van der Waals surface area contributed by atoms with Gasteiger partial charge in [-0.1, -0.05) is 5.10 Å². The molecule has 1 aliphatic heterocycles. The van der Waals surface area contributed by atoms with E-state index >= 15 is 0 Å². The first-order valence-electron chi connectivity index (χ1n) is 8.79. The van der Waals surface area contributed by atoms with Crippen molar-refractivity contribution in [1.29, 1.82) is 0 Å². The number of hydrogen-bond donors (Lipinski definition) is 1. The number of hydrogen-bond acceptors (Lipinski definition) is 8. The minimum atomic E-state index is -0.609. The highest BCUT2D eigenvalue weighted by Gasteiger charge is 2.32. The number of carbonyl (C=O) groups is 1. The number of tetrazole rings is 1. The molecule has 2 aromatic heterocycles. The molecule has 0 saturated carbocycles. The number of benzene rings is 1. The van der Waals surface area contributed by atoms with E-state index in [4.69, 9.17) is 9.84 Å². The number of aliphatic hydroxyl groups is 1. The van der Waals surface area contributed by atoms with Crippen molar-refractivity contribution in [1.82, 2.24) is 25.2 Å². The van der Waals surface area contributed by atoms with Gasteiger partial charge in [-0.3, -0.25) is 9.80 Å². The first-order chi connectivity index (χ1) is 14.0. The van der Waals surface area contributed by atoms with Gasteiger partial charge in [0.15, 0.2) is 0 Å². The summed E-state index contributed by atoms with van der Waals surface area (Å²) >= 11 is 0. The van der Waals surface area contributed by atoms with Crippen LogP contribution in [0.5, 0.6) is 0 Å². The van der Waals surface area contributed by atoms with E-state index in [1.165, 1.54) is 15.8 Å². The average molecular weight is 399 g/mol. The molecule has 11 heteroatoms. The van der Waals surface area contributed by atoms with Crippen molar-refractivity contribution in [3.05, 3.63) is 42.3 Å². The summed E-state index contributed by atoms with van der Waals surface area (Å²) in [5.74, 6) is 0.469. The van der Waals surface area contributed by atoms with Crippen LogP contribution < -0.4 is 9.80 Å². The third-order valence-corrected chi connectivity index (χ3v) is 4.54. The van der Waals surface area contributed by atoms with Gasteiger partial charge in [0, 0.05) is 24.4 Å². The predicted molar refractivity (Wildman–Crippen MR) is 101 cm³/mol. The molecule has 1 saturated heterocycles. The number of pyridine rings is 1. The highest BCUT2D eigenvalue weighted by Crippen LogP contribution is 2.29. The van der Waals surface area contributed by atoms with Gasteiger partial charge in [-0.05, 0) is 35.5 Å². The Hall–Kier alpha value is -3.60. The molecule has 0 bridgehead atoms. The monoisotopic (exact) mass is 399 g/mol. The van der Waals surface area contributed by atoms with Gasteiger partial charge in [0.1, 0.15) is 17.7 Å². The second kappa shape index (κ2) is 7.43. The van der Waals surface area contributed by atoms with E-state index < -0.39 is 18.0 Å². The van der Waals surface area contributed by atoms with Crippen LogP contribution in [0.2, 0.25) is 0 Å². The Morgan fingerprint density at radius 3 is 2.76 bits per heavy atom. The number of rotatable bonds is 5. The van der Waals surface area contributed by atoms with Crippen molar-refractivity contribution < 1.29 is 19.0 Å². The number of nitrogens with zero attached hydrogens (tertiary/aromatic N) is 7. The molecule has 0 radical (unpaired) electrons. The highest BCUT2D eigenvalue weighted by atomic mass is 19.1. The second-order valence-corrected chi connectivity index (χ2v) is 6.51. The van der Waals surface area contributed by atoms with E-state index in [0.29, 0.717) is 28.6 Å². The summed E-state index contributed by atoms with van der Waals surface area (Å²) < 4.78 is 19.7. The topological polar surface area (TPSA) is 110 Å². The molecule has 1 fully saturated rings. The highest BCUT2D eigenvalue weighted by molar-refractivity contribution is 5.90. The number of amides is 1. The fourth-order valence-electron chi connectivity index (χ4n) is 2.99. The van der Waals surface area contributed by atoms with Crippen molar-refractivity contribution in [3.8, 4) is 11.1 Å². The van der Waals surface area contributed by atoms with Gasteiger partial charge < -0.3 is 9.84 Å². The number of aliphatic hydroxyl groups excluding tert-OH is 1. The van der Waals surface area contributed by atoms with Crippen LogP contribution in [0.4, 0.5) is 26.6 Å². The normalized spacial score (nSPS) is 16.2. The van der Waals surface area contributed by atoms with E-state index in [1.807, 2.05) is 0 Å². The smallest absolute Gasteiger partial charge is 0.414 e. The lowest BCUT2D eigenvalue weighted by molar-refractivity contribution is 0.0963. The standard InChI is InChI=1S/C18H18FN7O3/c1-24(17-21-23-25(2)22-17)16-6-3-11(8-20-16)14-5-4-12(7-15(14)19)26-9-13(10-27)29-18(26)28/h3-8,13,27H,9-10H2,1-2H3. The number of aryl methyl sites for hydroxylation is 1. The molecule has 3 heterocycles. The molecule has 3 aromatic rings. The average Bonchev–Trinajstić information content (AvgIpc) is 3.33. The maximum Gasteiger partial charge on any atom is 0.414 e. The fraction of sp³-hybridized carbons (Fsp3) is 0.278. The molecule has 150 valence electrons. The summed E-state index contributed by atoms with van der Waals surface area (Å²) in [6.07, 6.45) is 0.331. The first-order valence-corrected chi connectivity index (χ1v) is 8.79. The number of anilines is 3. The lowest BCUT2D eigenvalue weighted by atomic mass is 10.1. The Morgan fingerprint density at radius 1 is 1.34 bits per heavy atom. The molecule has 10 nitrogen and oxygen atoms in total. The number of carbonyl (C=O) groups excluding carboxylic acids is 1. The summed E-state index contributed by atoms with van der Waals surface area (Å²) in [5.41, 5.74) is 1.29. The molecule has 0 spiro atoms. The predicted octanol–water partition coefficient (Wildman–Crippen LogP) is 1.50. The number of cyclic esters (lactones) is 1. The molecule has 1 aromatic carbocycles.